The number of fused-ring (bicyclic) bond motifs is 1. The molecule has 0 N–H and O–H groups in total. The molecule has 3 heterocycles. The highest BCUT2D eigenvalue weighted by atomic mass is 16.5. The molecule has 164 valence electrons. The lowest BCUT2D eigenvalue weighted by Gasteiger charge is -2.23. The highest BCUT2D eigenvalue weighted by Crippen LogP contribution is 2.15. The predicted molar refractivity (Wildman–Crippen MR) is 123 cm³/mol. The van der Waals surface area contributed by atoms with Crippen molar-refractivity contribution in [1.29, 1.82) is 0 Å². The zero-order valence-electron chi connectivity index (χ0n) is 17.9. The summed E-state index contributed by atoms with van der Waals surface area (Å²) >= 11 is 0. The van der Waals surface area contributed by atoms with Crippen molar-refractivity contribution in [2.45, 2.75) is 45.0 Å². The van der Waals surface area contributed by atoms with Gasteiger partial charge < -0.3 is 9.30 Å². The van der Waals surface area contributed by atoms with Crippen LogP contribution < -0.4 is 11.2 Å². The summed E-state index contributed by atoms with van der Waals surface area (Å²) in [4.78, 5) is 31.5. The summed E-state index contributed by atoms with van der Waals surface area (Å²) < 4.78 is 10.6. The van der Waals surface area contributed by atoms with Gasteiger partial charge in [-0.2, -0.15) is 0 Å². The summed E-state index contributed by atoms with van der Waals surface area (Å²) in [6.45, 7) is 1.80. The van der Waals surface area contributed by atoms with Gasteiger partial charge in [-0.1, -0.05) is 60.7 Å². The molecule has 7 heteroatoms. The molecule has 4 aromatic rings. The molecule has 1 aliphatic rings. The molecule has 0 saturated carbocycles. The molecule has 0 amide bonds. The van der Waals surface area contributed by atoms with Crippen LogP contribution in [0.2, 0.25) is 0 Å². The Bertz CT molecular complexity index is 1320. The SMILES string of the molecule is O=c1c2c(ncn2Cc2ccccc2)n(Cc2ccccc2)c(=O)n1C[C@H]1CCCCO1. The van der Waals surface area contributed by atoms with Crippen LogP contribution in [-0.4, -0.2) is 31.4 Å². The Kier molecular flexibility index (Phi) is 5.73. The number of rotatable bonds is 6. The molecule has 0 bridgehead atoms. The van der Waals surface area contributed by atoms with E-state index in [-0.39, 0.29) is 23.9 Å². The Hall–Kier alpha value is -3.45. The normalized spacial score (nSPS) is 16.4. The first-order valence-electron chi connectivity index (χ1n) is 11.1. The lowest BCUT2D eigenvalue weighted by Crippen LogP contribution is -2.44. The van der Waals surface area contributed by atoms with Crippen molar-refractivity contribution in [2.75, 3.05) is 6.61 Å². The molecule has 1 fully saturated rings. The molecule has 1 aliphatic heterocycles. The topological polar surface area (TPSA) is 71.0 Å². The van der Waals surface area contributed by atoms with Gasteiger partial charge in [0.1, 0.15) is 0 Å². The molecule has 7 nitrogen and oxygen atoms in total. The summed E-state index contributed by atoms with van der Waals surface area (Å²) in [5.74, 6) is 0. The number of aromatic nitrogens is 4. The number of ether oxygens (including phenoxy) is 1. The summed E-state index contributed by atoms with van der Waals surface area (Å²) in [6.07, 6.45) is 4.45. The molecular weight excluding hydrogens is 404 g/mol. The minimum Gasteiger partial charge on any atom is -0.376 e. The molecule has 0 unspecified atom stereocenters. The minimum absolute atomic E-state index is 0.123. The Morgan fingerprint density at radius 1 is 0.875 bits per heavy atom. The van der Waals surface area contributed by atoms with E-state index < -0.39 is 0 Å². The number of nitrogens with zero attached hydrogens (tertiary/aromatic N) is 4. The van der Waals surface area contributed by atoms with E-state index in [2.05, 4.69) is 4.98 Å². The van der Waals surface area contributed by atoms with Crippen LogP contribution in [0.15, 0.2) is 76.6 Å². The van der Waals surface area contributed by atoms with Crippen LogP contribution in [0, 0.1) is 0 Å². The van der Waals surface area contributed by atoms with Crippen LogP contribution in [0.5, 0.6) is 0 Å². The van der Waals surface area contributed by atoms with Crippen molar-refractivity contribution in [3.05, 3.63) is 99.0 Å². The van der Waals surface area contributed by atoms with E-state index >= 15 is 0 Å². The fourth-order valence-electron chi connectivity index (χ4n) is 4.36. The fourth-order valence-corrected chi connectivity index (χ4v) is 4.36. The second kappa shape index (κ2) is 8.96. The molecule has 32 heavy (non-hydrogen) atoms. The van der Waals surface area contributed by atoms with Gasteiger partial charge in [-0.05, 0) is 30.4 Å². The summed E-state index contributed by atoms with van der Waals surface area (Å²) in [5, 5.41) is 0. The van der Waals surface area contributed by atoms with E-state index in [1.54, 1.807) is 10.9 Å². The third kappa shape index (κ3) is 4.03. The molecule has 1 atom stereocenters. The Morgan fingerprint density at radius 2 is 1.56 bits per heavy atom. The molecule has 0 spiro atoms. The maximum atomic E-state index is 13.5. The second-order valence-corrected chi connectivity index (χ2v) is 8.29. The third-order valence-corrected chi connectivity index (χ3v) is 6.02. The molecule has 1 saturated heterocycles. The Balaban J connectivity index is 1.64. The standard InChI is InChI=1S/C25H26N4O3/c30-24-22-23(26-18-27(22)15-19-9-3-1-4-10-19)28(16-20-11-5-2-6-12-20)25(31)29(24)17-21-13-7-8-14-32-21/h1-6,9-12,18,21H,7-8,13-17H2/t21-/m1/s1. The van der Waals surface area contributed by atoms with Crippen LogP contribution >= 0.6 is 0 Å². The van der Waals surface area contributed by atoms with Gasteiger partial charge in [0.15, 0.2) is 11.2 Å². The van der Waals surface area contributed by atoms with Crippen LogP contribution in [-0.2, 0) is 24.4 Å². The Morgan fingerprint density at radius 3 is 2.22 bits per heavy atom. The quantitative estimate of drug-likeness (QED) is 0.471. The van der Waals surface area contributed by atoms with E-state index in [0.717, 1.165) is 30.4 Å². The Labute approximate surface area is 185 Å². The van der Waals surface area contributed by atoms with Crippen molar-refractivity contribution in [3.8, 4) is 0 Å². The maximum absolute atomic E-state index is 13.5. The first kappa shape index (κ1) is 20.5. The maximum Gasteiger partial charge on any atom is 0.333 e. The zero-order valence-corrected chi connectivity index (χ0v) is 17.9. The number of benzene rings is 2. The first-order valence-corrected chi connectivity index (χ1v) is 11.1. The highest BCUT2D eigenvalue weighted by Gasteiger charge is 2.22. The van der Waals surface area contributed by atoms with Crippen molar-refractivity contribution < 1.29 is 4.74 Å². The van der Waals surface area contributed by atoms with Crippen molar-refractivity contribution in [1.82, 2.24) is 18.7 Å². The van der Waals surface area contributed by atoms with Gasteiger partial charge in [0, 0.05) is 13.2 Å². The van der Waals surface area contributed by atoms with Gasteiger partial charge in [0.25, 0.3) is 5.56 Å². The molecule has 0 radical (unpaired) electrons. The van der Waals surface area contributed by atoms with Crippen LogP contribution in [0.3, 0.4) is 0 Å². The van der Waals surface area contributed by atoms with Gasteiger partial charge in [-0.15, -0.1) is 0 Å². The predicted octanol–water partition coefficient (Wildman–Crippen LogP) is 3.03. The zero-order chi connectivity index (χ0) is 21.9. The van der Waals surface area contributed by atoms with Gasteiger partial charge >= 0.3 is 5.69 Å². The van der Waals surface area contributed by atoms with Gasteiger partial charge in [-0.3, -0.25) is 13.9 Å². The average Bonchev–Trinajstić information content (AvgIpc) is 3.25. The third-order valence-electron chi connectivity index (χ3n) is 6.02. The summed E-state index contributed by atoms with van der Waals surface area (Å²) in [5.41, 5.74) is 2.25. The monoisotopic (exact) mass is 430 g/mol. The van der Waals surface area contributed by atoms with Crippen molar-refractivity contribution in [2.24, 2.45) is 0 Å². The average molecular weight is 431 g/mol. The fraction of sp³-hybridized carbons (Fsp3) is 0.320. The lowest BCUT2D eigenvalue weighted by atomic mass is 10.1. The molecule has 5 rings (SSSR count). The van der Waals surface area contributed by atoms with E-state index in [9.17, 15) is 9.59 Å². The second-order valence-electron chi connectivity index (χ2n) is 8.29. The van der Waals surface area contributed by atoms with Gasteiger partial charge in [0.2, 0.25) is 0 Å². The van der Waals surface area contributed by atoms with E-state index in [1.165, 1.54) is 4.57 Å². The van der Waals surface area contributed by atoms with Crippen molar-refractivity contribution in [3.63, 3.8) is 0 Å². The number of hydrogen-bond acceptors (Lipinski definition) is 4. The van der Waals surface area contributed by atoms with Gasteiger partial charge in [-0.25, -0.2) is 9.78 Å². The van der Waals surface area contributed by atoms with Crippen molar-refractivity contribution >= 4 is 11.2 Å². The molecule has 0 aliphatic carbocycles. The first-order chi connectivity index (χ1) is 15.7. The van der Waals surface area contributed by atoms with Crippen LogP contribution in [0.25, 0.3) is 11.2 Å². The minimum atomic E-state index is -0.342. The van der Waals surface area contributed by atoms with Crippen LogP contribution in [0.1, 0.15) is 30.4 Å². The molecular formula is C25H26N4O3. The lowest BCUT2D eigenvalue weighted by molar-refractivity contribution is 0.00460. The van der Waals surface area contributed by atoms with Gasteiger partial charge in [0.05, 0.1) is 25.5 Å². The van der Waals surface area contributed by atoms with E-state index in [0.29, 0.717) is 30.9 Å². The number of imidazole rings is 1. The number of hydrogen-bond donors (Lipinski definition) is 0. The highest BCUT2D eigenvalue weighted by molar-refractivity contribution is 5.70. The summed E-state index contributed by atoms with van der Waals surface area (Å²) in [7, 11) is 0. The smallest absolute Gasteiger partial charge is 0.333 e. The molecule has 2 aromatic carbocycles. The van der Waals surface area contributed by atoms with E-state index in [1.807, 2.05) is 65.2 Å². The van der Waals surface area contributed by atoms with E-state index in [4.69, 9.17) is 4.74 Å². The molecule has 2 aromatic heterocycles. The summed E-state index contributed by atoms with van der Waals surface area (Å²) in [6, 6.07) is 19.7. The van der Waals surface area contributed by atoms with Crippen LogP contribution in [0.4, 0.5) is 0 Å². The largest absolute Gasteiger partial charge is 0.376 e.